The number of phenols is 1. The Bertz CT molecular complexity index is 554. The van der Waals surface area contributed by atoms with Gasteiger partial charge in [0, 0.05) is 0 Å². The number of methoxy groups -OCH3 is 1. The van der Waals surface area contributed by atoms with Gasteiger partial charge in [-0.05, 0) is 36.4 Å². The van der Waals surface area contributed by atoms with Crippen molar-refractivity contribution in [3.05, 3.63) is 42.5 Å². The molecule has 2 aromatic carbocycles. The Kier molecular flexibility index (Phi) is 4.55. The number of nitrogen functional groups attached to an aromatic ring is 1. The molecule has 0 atom stereocenters. The molecule has 2 aromatic rings. The molecule has 0 fully saturated rings. The molecule has 0 aliphatic heterocycles. The topological polar surface area (TPSA) is 73.9 Å². The van der Waals surface area contributed by atoms with Gasteiger partial charge in [0.15, 0.2) is 0 Å². The molecular formula is C15H17NO4. The second-order valence-electron chi connectivity index (χ2n) is 4.06. The molecule has 0 unspecified atom stereocenters. The molecule has 5 nitrogen and oxygen atoms in total. The van der Waals surface area contributed by atoms with Crippen molar-refractivity contribution in [1.82, 2.24) is 0 Å². The molecule has 0 amide bonds. The van der Waals surface area contributed by atoms with Gasteiger partial charge in [-0.1, -0.05) is 6.07 Å². The number of anilines is 1. The number of nitrogens with two attached hydrogens (primary N) is 1. The highest BCUT2D eigenvalue weighted by Gasteiger charge is 2.04. The van der Waals surface area contributed by atoms with Crippen LogP contribution in [0.2, 0.25) is 0 Å². The average Bonchev–Trinajstić information content (AvgIpc) is 2.48. The summed E-state index contributed by atoms with van der Waals surface area (Å²) in [6.07, 6.45) is 0. The van der Waals surface area contributed by atoms with Crippen LogP contribution in [0.3, 0.4) is 0 Å². The molecule has 3 N–H and O–H groups in total. The van der Waals surface area contributed by atoms with E-state index in [1.54, 1.807) is 19.2 Å². The summed E-state index contributed by atoms with van der Waals surface area (Å²) in [6, 6.07) is 12.2. The second-order valence-corrected chi connectivity index (χ2v) is 4.06. The van der Waals surface area contributed by atoms with Gasteiger partial charge in [-0.2, -0.15) is 0 Å². The number of aromatic hydroxyl groups is 1. The molecule has 0 radical (unpaired) electrons. The van der Waals surface area contributed by atoms with Crippen molar-refractivity contribution in [2.45, 2.75) is 0 Å². The zero-order valence-corrected chi connectivity index (χ0v) is 11.2. The minimum atomic E-state index is 0.0126. The zero-order chi connectivity index (χ0) is 14.4. The lowest BCUT2D eigenvalue weighted by atomic mass is 10.3. The Morgan fingerprint density at radius 3 is 2.30 bits per heavy atom. The third kappa shape index (κ3) is 3.47. The van der Waals surface area contributed by atoms with Crippen LogP contribution in [0.1, 0.15) is 0 Å². The van der Waals surface area contributed by atoms with Crippen LogP contribution in [0.4, 0.5) is 5.69 Å². The van der Waals surface area contributed by atoms with Crippen molar-refractivity contribution in [1.29, 1.82) is 0 Å². The fourth-order valence-electron chi connectivity index (χ4n) is 1.64. The number of rotatable bonds is 6. The number of ether oxygens (including phenoxy) is 3. The maximum atomic E-state index is 9.44. The van der Waals surface area contributed by atoms with Gasteiger partial charge in [0.05, 0.1) is 7.11 Å². The van der Waals surface area contributed by atoms with E-state index in [1.807, 2.05) is 24.3 Å². The third-order valence-electron chi connectivity index (χ3n) is 2.71. The lowest BCUT2D eigenvalue weighted by molar-refractivity contribution is 0.217. The van der Waals surface area contributed by atoms with Crippen LogP contribution in [0.5, 0.6) is 23.0 Å². The monoisotopic (exact) mass is 275 g/mol. The predicted octanol–water partition coefficient (Wildman–Crippen LogP) is 2.44. The SMILES string of the molecule is COc1ccc(OCCOc2cccc(O)c2N)cc1. The van der Waals surface area contributed by atoms with Gasteiger partial charge in [0.2, 0.25) is 0 Å². The molecule has 0 heterocycles. The summed E-state index contributed by atoms with van der Waals surface area (Å²) < 4.78 is 16.0. The maximum absolute atomic E-state index is 9.44. The molecular weight excluding hydrogens is 258 g/mol. The van der Waals surface area contributed by atoms with Crippen molar-refractivity contribution >= 4 is 5.69 Å². The number of para-hydroxylation sites is 1. The molecule has 0 saturated heterocycles. The summed E-state index contributed by atoms with van der Waals surface area (Å²) in [7, 11) is 1.61. The lowest BCUT2D eigenvalue weighted by Gasteiger charge is -2.11. The van der Waals surface area contributed by atoms with Crippen molar-refractivity contribution in [3.63, 3.8) is 0 Å². The van der Waals surface area contributed by atoms with E-state index in [0.717, 1.165) is 11.5 Å². The fraction of sp³-hybridized carbons (Fsp3) is 0.200. The van der Waals surface area contributed by atoms with Crippen molar-refractivity contribution in [2.75, 3.05) is 26.1 Å². The van der Waals surface area contributed by atoms with Gasteiger partial charge in [-0.3, -0.25) is 0 Å². The van der Waals surface area contributed by atoms with Gasteiger partial charge in [0.1, 0.15) is 41.9 Å². The third-order valence-corrected chi connectivity index (χ3v) is 2.71. The van der Waals surface area contributed by atoms with Crippen molar-refractivity contribution in [3.8, 4) is 23.0 Å². The Morgan fingerprint density at radius 1 is 0.950 bits per heavy atom. The molecule has 5 heteroatoms. The standard InChI is InChI=1S/C15H17NO4/c1-18-11-5-7-12(8-6-11)19-9-10-20-14-4-2-3-13(17)15(14)16/h2-8,17H,9-10,16H2,1H3. The van der Waals surface area contributed by atoms with Crippen LogP contribution in [-0.2, 0) is 0 Å². The second kappa shape index (κ2) is 6.56. The van der Waals surface area contributed by atoms with Gasteiger partial charge < -0.3 is 25.1 Å². The first kappa shape index (κ1) is 13.9. The van der Waals surface area contributed by atoms with E-state index in [4.69, 9.17) is 19.9 Å². The highest BCUT2D eigenvalue weighted by molar-refractivity contribution is 5.61. The van der Waals surface area contributed by atoms with E-state index in [-0.39, 0.29) is 11.4 Å². The Labute approximate surface area is 117 Å². The van der Waals surface area contributed by atoms with E-state index in [1.165, 1.54) is 6.07 Å². The van der Waals surface area contributed by atoms with Crippen LogP contribution in [0, 0.1) is 0 Å². The average molecular weight is 275 g/mol. The van der Waals surface area contributed by atoms with E-state index in [2.05, 4.69) is 0 Å². The first-order chi connectivity index (χ1) is 9.70. The van der Waals surface area contributed by atoms with Crippen LogP contribution in [0.15, 0.2) is 42.5 Å². The minimum absolute atomic E-state index is 0.0126. The number of hydrogen-bond donors (Lipinski definition) is 2. The summed E-state index contributed by atoms with van der Waals surface area (Å²) in [5.41, 5.74) is 5.91. The minimum Gasteiger partial charge on any atom is -0.506 e. The smallest absolute Gasteiger partial charge is 0.146 e. The molecule has 0 aromatic heterocycles. The quantitative estimate of drug-likeness (QED) is 0.481. The van der Waals surface area contributed by atoms with Crippen LogP contribution in [-0.4, -0.2) is 25.4 Å². The van der Waals surface area contributed by atoms with Gasteiger partial charge in [-0.15, -0.1) is 0 Å². The van der Waals surface area contributed by atoms with Crippen LogP contribution in [0.25, 0.3) is 0 Å². The first-order valence-corrected chi connectivity index (χ1v) is 6.18. The summed E-state index contributed by atoms with van der Waals surface area (Å²) in [5, 5.41) is 9.44. The van der Waals surface area contributed by atoms with Crippen molar-refractivity contribution < 1.29 is 19.3 Å². The van der Waals surface area contributed by atoms with E-state index in [9.17, 15) is 5.11 Å². The fourth-order valence-corrected chi connectivity index (χ4v) is 1.64. The number of benzene rings is 2. The summed E-state index contributed by atoms with van der Waals surface area (Å²) in [6.45, 7) is 0.709. The summed E-state index contributed by atoms with van der Waals surface area (Å²) >= 11 is 0. The Balaban J connectivity index is 1.80. The zero-order valence-electron chi connectivity index (χ0n) is 11.2. The molecule has 0 aliphatic carbocycles. The van der Waals surface area contributed by atoms with Crippen molar-refractivity contribution in [2.24, 2.45) is 0 Å². The first-order valence-electron chi connectivity index (χ1n) is 6.18. The van der Waals surface area contributed by atoms with Gasteiger partial charge >= 0.3 is 0 Å². The van der Waals surface area contributed by atoms with E-state index in [0.29, 0.717) is 19.0 Å². The maximum Gasteiger partial charge on any atom is 0.146 e. The van der Waals surface area contributed by atoms with E-state index >= 15 is 0 Å². The van der Waals surface area contributed by atoms with Crippen LogP contribution >= 0.6 is 0 Å². The van der Waals surface area contributed by atoms with E-state index < -0.39 is 0 Å². The lowest BCUT2D eigenvalue weighted by Crippen LogP contribution is -2.09. The highest BCUT2D eigenvalue weighted by Crippen LogP contribution is 2.29. The number of phenolic OH excluding ortho intramolecular Hbond substituents is 1. The highest BCUT2D eigenvalue weighted by atomic mass is 16.5. The van der Waals surface area contributed by atoms with Crippen LogP contribution < -0.4 is 19.9 Å². The number of hydrogen-bond acceptors (Lipinski definition) is 5. The molecule has 106 valence electrons. The Morgan fingerprint density at radius 2 is 1.60 bits per heavy atom. The molecule has 0 bridgehead atoms. The van der Waals surface area contributed by atoms with Gasteiger partial charge in [0.25, 0.3) is 0 Å². The molecule has 0 aliphatic rings. The summed E-state index contributed by atoms with van der Waals surface area (Å²) in [4.78, 5) is 0. The normalized spacial score (nSPS) is 10.1. The molecule has 2 rings (SSSR count). The largest absolute Gasteiger partial charge is 0.506 e. The molecule has 20 heavy (non-hydrogen) atoms. The van der Waals surface area contributed by atoms with Gasteiger partial charge in [-0.25, -0.2) is 0 Å². The Hall–Kier alpha value is -2.56. The molecule has 0 saturated carbocycles. The summed E-state index contributed by atoms with van der Waals surface area (Å²) in [5.74, 6) is 1.97. The molecule has 0 spiro atoms. The predicted molar refractivity (Wildman–Crippen MR) is 76.5 cm³/mol.